The summed E-state index contributed by atoms with van der Waals surface area (Å²) < 4.78 is 6.99. The summed E-state index contributed by atoms with van der Waals surface area (Å²) >= 11 is 0. The van der Waals surface area contributed by atoms with Crippen molar-refractivity contribution in [1.29, 1.82) is 0 Å². The van der Waals surface area contributed by atoms with E-state index < -0.39 is 0 Å². The van der Waals surface area contributed by atoms with Gasteiger partial charge >= 0.3 is 0 Å². The highest BCUT2D eigenvalue weighted by Gasteiger charge is 2.23. The standard InChI is InChI=1S/2C39H24N2.C35H22N2/c1-2-12-28-25(10-1)11-9-16-29(28)26-20-22-27(23-21-26)33-24-34-31-14-5-7-18-36(31)41-37-19-8-6-17-35(37)40-39(41)38(34)32-15-4-3-13-30(32)33;1-2-10-28-23-29(22-19-25(28)9-1)26-17-20-27(21-18-26)33-24-34-31-12-5-7-15-36(31)41-37-16-8-6-14-35(37)40-39(41)38(34)32-13-4-3-11-30(32)33;1-2-10-23(11-3-1)24-18-20-25(21-19-24)29-22-30-27-13-6-8-16-32(27)37-33-17-9-7-15-31(33)36-35(37)34(30)28-14-5-4-12-26(28)29/h2*1-24H;1-22H. The summed E-state index contributed by atoms with van der Waals surface area (Å²) in [7, 11) is 0. The van der Waals surface area contributed by atoms with E-state index in [1.54, 1.807) is 0 Å². The molecule has 119 heavy (non-hydrogen) atoms. The molecule has 0 aliphatic heterocycles. The molecule has 0 fully saturated rings. The van der Waals surface area contributed by atoms with E-state index in [2.05, 4.69) is 438 Å². The van der Waals surface area contributed by atoms with Gasteiger partial charge in [-0.1, -0.05) is 346 Å². The molecule has 552 valence electrons. The molecular weight excluding hydrogens is 1440 g/mol. The Labute approximate surface area is 683 Å². The highest BCUT2D eigenvalue weighted by Crippen LogP contribution is 2.47. The van der Waals surface area contributed by atoms with Crippen LogP contribution in [0.1, 0.15) is 0 Å². The van der Waals surface area contributed by atoms with Crippen molar-refractivity contribution < 1.29 is 0 Å². The zero-order valence-corrected chi connectivity index (χ0v) is 64.6. The second-order valence-corrected chi connectivity index (χ2v) is 31.2. The third kappa shape index (κ3) is 10.9. The summed E-state index contributed by atoms with van der Waals surface area (Å²) in [6, 6.07) is 153. The van der Waals surface area contributed by atoms with Crippen molar-refractivity contribution in [3.8, 4) is 66.8 Å². The van der Waals surface area contributed by atoms with Crippen molar-refractivity contribution in [1.82, 2.24) is 28.2 Å². The number of para-hydroxylation sites is 9. The highest BCUT2D eigenvalue weighted by molar-refractivity contribution is 6.29. The maximum atomic E-state index is 5.18. The number of hydrogen-bond donors (Lipinski definition) is 0. The van der Waals surface area contributed by atoms with Gasteiger partial charge in [-0.05, 0) is 216 Å². The van der Waals surface area contributed by atoms with Gasteiger partial charge in [0.1, 0.15) is 16.9 Å². The summed E-state index contributed by atoms with van der Waals surface area (Å²) in [5.74, 6) is 0. The fourth-order valence-electron chi connectivity index (χ4n) is 19.2. The second kappa shape index (κ2) is 27.4. The van der Waals surface area contributed by atoms with Crippen molar-refractivity contribution in [3.05, 3.63) is 425 Å². The van der Waals surface area contributed by atoms with Crippen molar-refractivity contribution >= 4 is 169 Å². The average Bonchev–Trinajstić information content (AvgIpc) is 1.65. The quantitative estimate of drug-likeness (QED) is 0.156. The molecule has 0 radical (unpaired) electrons. The zero-order chi connectivity index (χ0) is 78.2. The van der Waals surface area contributed by atoms with E-state index in [0.29, 0.717) is 0 Å². The number of hydrogen-bond acceptors (Lipinski definition) is 3. The Hall–Kier alpha value is -15.9. The van der Waals surface area contributed by atoms with E-state index in [1.165, 1.54) is 186 Å². The van der Waals surface area contributed by atoms with Crippen LogP contribution in [0.3, 0.4) is 0 Å². The fraction of sp³-hybridized carbons (Fsp3) is 0. The van der Waals surface area contributed by atoms with Crippen molar-refractivity contribution in [2.75, 3.05) is 0 Å². The van der Waals surface area contributed by atoms with Gasteiger partial charge in [0.25, 0.3) is 0 Å². The number of pyridine rings is 3. The van der Waals surface area contributed by atoms with Crippen LogP contribution in [-0.2, 0) is 0 Å². The molecule has 0 spiro atoms. The van der Waals surface area contributed by atoms with E-state index in [-0.39, 0.29) is 0 Å². The molecule has 0 saturated carbocycles. The van der Waals surface area contributed by atoms with Crippen LogP contribution in [-0.4, -0.2) is 28.2 Å². The molecule has 0 saturated heterocycles. The van der Waals surface area contributed by atoms with E-state index in [4.69, 9.17) is 15.0 Å². The molecule has 0 unspecified atom stereocenters. The number of nitrogens with zero attached hydrogens (tertiary/aromatic N) is 6. The number of rotatable bonds is 6. The maximum Gasteiger partial charge on any atom is 0.147 e. The minimum absolute atomic E-state index is 1.01. The van der Waals surface area contributed by atoms with E-state index in [9.17, 15) is 0 Å². The molecule has 26 aromatic rings. The van der Waals surface area contributed by atoms with Crippen LogP contribution in [0.15, 0.2) is 425 Å². The lowest BCUT2D eigenvalue weighted by Gasteiger charge is -2.15. The molecule has 6 heterocycles. The Kier molecular flexibility index (Phi) is 15.6. The molecule has 26 rings (SSSR count). The first-order valence-corrected chi connectivity index (χ1v) is 40.8. The molecule has 0 bridgehead atoms. The van der Waals surface area contributed by atoms with Gasteiger partial charge in [-0.15, -0.1) is 0 Å². The lowest BCUT2D eigenvalue weighted by Crippen LogP contribution is -1.93. The highest BCUT2D eigenvalue weighted by atomic mass is 15.0. The molecular formula is C113H70N6. The van der Waals surface area contributed by atoms with Gasteiger partial charge in [-0.2, -0.15) is 0 Å². The van der Waals surface area contributed by atoms with Gasteiger partial charge in [0, 0.05) is 32.3 Å². The molecule has 0 amide bonds. The zero-order valence-electron chi connectivity index (χ0n) is 64.6. The Bertz CT molecular complexity index is 8640. The maximum absolute atomic E-state index is 5.18. The van der Waals surface area contributed by atoms with Crippen LogP contribution < -0.4 is 0 Å². The van der Waals surface area contributed by atoms with Crippen molar-refractivity contribution in [2.24, 2.45) is 0 Å². The summed E-state index contributed by atoms with van der Waals surface area (Å²) in [6.07, 6.45) is 0. The lowest BCUT2D eigenvalue weighted by atomic mass is 9.91. The summed E-state index contributed by atoms with van der Waals surface area (Å²) in [4.78, 5) is 15.5. The first-order chi connectivity index (χ1) is 59.0. The molecule has 6 nitrogen and oxygen atoms in total. The normalized spacial score (nSPS) is 11.9. The van der Waals surface area contributed by atoms with Gasteiger partial charge in [0.15, 0.2) is 0 Å². The summed E-state index contributed by atoms with van der Waals surface area (Å²) in [6.45, 7) is 0. The third-order valence-corrected chi connectivity index (χ3v) is 24.7. The van der Waals surface area contributed by atoms with Crippen LogP contribution in [0.25, 0.3) is 236 Å². The van der Waals surface area contributed by atoms with Crippen LogP contribution in [0.2, 0.25) is 0 Å². The molecule has 6 aromatic heterocycles. The predicted molar refractivity (Wildman–Crippen MR) is 503 cm³/mol. The van der Waals surface area contributed by atoms with Crippen LogP contribution in [0, 0.1) is 0 Å². The number of imidazole rings is 3. The molecule has 0 atom stereocenters. The van der Waals surface area contributed by atoms with E-state index >= 15 is 0 Å². The lowest BCUT2D eigenvalue weighted by molar-refractivity contribution is 1.32. The second-order valence-electron chi connectivity index (χ2n) is 31.2. The predicted octanol–water partition coefficient (Wildman–Crippen LogP) is 30.1. The first kappa shape index (κ1) is 67.6. The van der Waals surface area contributed by atoms with Crippen LogP contribution in [0.5, 0.6) is 0 Å². The molecule has 6 heteroatoms. The Morgan fingerprint density at radius 1 is 0.143 bits per heavy atom. The molecule has 0 aliphatic rings. The molecule has 0 aliphatic carbocycles. The Balaban J connectivity index is 0.000000102. The van der Waals surface area contributed by atoms with Gasteiger partial charge in [0.05, 0.1) is 49.7 Å². The van der Waals surface area contributed by atoms with Crippen LogP contribution >= 0.6 is 0 Å². The van der Waals surface area contributed by atoms with Gasteiger partial charge < -0.3 is 0 Å². The SMILES string of the molecule is c1ccc(-c2ccc(-c3cc4c5ccccc5n5c6ccccc6nc5c4c4ccccc34)cc2)cc1.c1ccc2c(-c3ccc(-c4cc5c6ccccc6n6c7ccccc7nc6c5c5ccccc45)cc3)cccc2c1.c1ccc2cc(-c3ccc(-c4cc5c6ccccc6n6c7ccccc7nc6c5c5ccccc45)cc3)ccc2c1. The van der Waals surface area contributed by atoms with Gasteiger partial charge in [-0.25, -0.2) is 15.0 Å². The monoisotopic (exact) mass is 1510 g/mol. The topological polar surface area (TPSA) is 51.9 Å². The molecule has 20 aromatic carbocycles. The summed E-state index contributed by atoms with van der Waals surface area (Å²) in [5.41, 5.74) is 27.8. The largest absolute Gasteiger partial charge is 0.292 e. The third-order valence-electron chi connectivity index (χ3n) is 24.7. The van der Waals surface area contributed by atoms with Crippen molar-refractivity contribution in [3.63, 3.8) is 0 Å². The van der Waals surface area contributed by atoms with E-state index in [0.717, 1.165) is 50.0 Å². The smallest absolute Gasteiger partial charge is 0.147 e. The van der Waals surface area contributed by atoms with E-state index in [1.807, 2.05) is 0 Å². The summed E-state index contributed by atoms with van der Waals surface area (Å²) in [5, 5.41) is 23.5. The minimum atomic E-state index is 1.01. The Morgan fingerprint density at radius 2 is 0.420 bits per heavy atom. The number of aromatic nitrogens is 6. The minimum Gasteiger partial charge on any atom is -0.292 e. The van der Waals surface area contributed by atoms with Gasteiger partial charge in [0.2, 0.25) is 0 Å². The van der Waals surface area contributed by atoms with Crippen LogP contribution in [0.4, 0.5) is 0 Å². The average molecular weight is 1510 g/mol. The fourth-order valence-corrected chi connectivity index (χ4v) is 19.2. The Morgan fingerprint density at radius 3 is 0.832 bits per heavy atom. The number of fused-ring (bicyclic) bond motifs is 32. The first-order valence-electron chi connectivity index (χ1n) is 40.8. The van der Waals surface area contributed by atoms with Crippen molar-refractivity contribution in [2.45, 2.75) is 0 Å². The molecule has 0 N–H and O–H groups in total. The van der Waals surface area contributed by atoms with Gasteiger partial charge in [-0.3, -0.25) is 13.2 Å². The number of benzene rings is 20.